The first-order chi connectivity index (χ1) is 17.2. The van der Waals surface area contributed by atoms with E-state index in [9.17, 15) is 10.1 Å². The maximum atomic E-state index is 12.6. The molecule has 2 heterocycles. The van der Waals surface area contributed by atoms with Gasteiger partial charge in [-0.2, -0.15) is 5.26 Å². The Morgan fingerprint density at radius 1 is 1.06 bits per heavy atom. The first kappa shape index (κ1) is 24.2. The number of amides is 1. The first-order valence-electron chi connectivity index (χ1n) is 11.2. The summed E-state index contributed by atoms with van der Waals surface area (Å²) in [6.07, 6.45) is 2.27. The quantitative estimate of drug-likeness (QED) is 0.259. The van der Waals surface area contributed by atoms with Crippen molar-refractivity contribution in [2.24, 2.45) is 0 Å². The van der Waals surface area contributed by atoms with Crippen molar-refractivity contribution >= 4 is 33.6 Å². The number of para-hydroxylation sites is 1. The third kappa shape index (κ3) is 7.27. The number of morpholine rings is 1. The zero-order valence-corrected chi connectivity index (χ0v) is 19.9. The van der Waals surface area contributed by atoms with Gasteiger partial charge >= 0.3 is 0 Å². The van der Waals surface area contributed by atoms with Gasteiger partial charge in [-0.25, -0.2) is 0 Å². The summed E-state index contributed by atoms with van der Waals surface area (Å²) in [5.41, 5.74) is 0.683. The summed E-state index contributed by atoms with van der Waals surface area (Å²) in [5.74, 6) is 1.01. The van der Waals surface area contributed by atoms with E-state index in [0.717, 1.165) is 25.3 Å². The number of carbonyl (C=O) groups excluding carboxylic acids is 1. The van der Waals surface area contributed by atoms with E-state index >= 15 is 0 Å². The van der Waals surface area contributed by atoms with Crippen molar-refractivity contribution in [3.05, 3.63) is 65.7 Å². The van der Waals surface area contributed by atoms with Gasteiger partial charge in [0.1, 0.15) is 23.1 Å². The monoisotopic (exact) mass is 491 g/mol. The fourth-order valence-corrected chi connectivity index (χ4v) is 4.04. The average Bonchev–Trinajstić information content (AvgIpc) is 3.37. The molecular weight excluding hydrogens is 466 g/mol. The fraction of sp³-hybridized carbons (Fsp3) is 0.280. The number of nitriles is 1. The second kappa shape index (κ2) is 12.5. The van der Waals surface area contributed by atoms with Crippen LogP contribution in [0.3, 0.4) is 0 Å². The topological polar surface area (TPSA) is 110 Å². The van der Waals surface area contributed by atoms with E-state index in [1.54, 1.807) is 24.3 Å². The molecule has 10 heteroatoms. The second-order valence-electron chi connectivity index (χ2n) is 7.55. The number of nitrogens with zero attached hydrogens (tertiary/aromatic N) is 4. The summed E-state index contributed by atoms with van der Waals surface area (Å²) in [6.45, 7) is 3.81. The third-order valence-electron chi connectivity index (χ3n) is 5.04. The van der Waals surface area contributed by atoms with Crippen LogP contribution in [0.1, 0.15) is 12.0 Å². The number of hydrogen-bond donors (Lipinski definition) is 1. The number of carbonyl (C=O) groups is 1. The van der Waals surface area contributed by atoms with Crippen LogP contribution in [-0.2, 0) is 9.53 Å². The molecule has 1 fully saturated rings. The normalized spacial score (nSPS) is 13.7. The molecule has 0 saturated carbocycles. The molecular formula is C25H25N5O4S. The largest absolute Gasteiger partial charge is 0.493 e. The highest BCUT2D eigenvalue weighted by Crippen LogP contribution is 2.25. The van der Waals surface area contributed by atoms with Gasteiger partial charge in [-0.1, -0.05) is 41.7 Å². The molecule has 0 radical (unpaired) electrons. The summed E-state index contributed by atoms with van der Waals surface area (Å²) in [7, 11) is 0. The Morgan fingerprint density at radius 2 is 1.74 bits per heavy atom. The Bertz CT molecular complexity index is 1170. The predicted molar refractivity (Wildman–Crippen MR) is 134 cm³/mol. The average molecular weight is 492 g/mol. The number of nitrogens with one attached hydrogen (secondary N) is 1. The van der Waals surface area contributed by atoms with Crippen molar-refractivity contribution < 1.29 is 19.0 Å². The van der Waals surface area contributed by atoms with Crippen LogP contribution in [0.4, 0.5) is 10.3 Å². The first-order valence-corrected chi connectivity index (χ1v) is 12.0. The number of rotatable bonds is 10. The summed E-state index contributed by atoms with van der Waals surface area (Å²) < 4.78 is 16.7. The molecule has 0 atom stereocenters. The summed E-state index contributed by atoms with van der Waals surface area (Å²) in [6, 6.07) is 18.8. The van der Waals surface area contributed by atoms with Crippen LogP contribution in [0, 0.1) is 11.3 Å². The van der Waals surface area contributed by atoms with E-state index in [1.807, 2.05) is 36.4 Å². The number of anilines is 2. The lowest BCUT2D eigenvalue weighted by Crippen LogP contribution is -2.36. The van der Waals surface area contributed by atoms with E-state index in [0.29, 0.717) is 48.0 Å². The van der Waals surface area contributed by atoms with E-state index in [4.69, 9.17) is 14.2 Å². The molecule has 0 spiro atoms. The minimum Gasteiger partial charge on any atom is -0.493 e. The second-order valence-corrected chi connectivity index (χ2v) is 8.50. The summed E-state index contributed by atoms with van der Waals surface area (Å²) >= 11 is 1.27. The molecule has 0 unspecified atom stereocenters. The van der Waals surface area contributed by atoms with E-state index < -0.39 is 5.91 Å². The zero-order chi connectivity index (χ0) is 24.3. The molecule has 0 bridgehead atoms. The number of benzene rings is 2. The van der Waals surface area contributed by atoms with Crippen LogP contribution in [-0.4, -0.2) is 55.6 Å². The van der Waals surface area contributed by atoms with Crippen LogP contribution in [0.5, 0.6) is 11.5 Å². The molecule has 0 aliphatic carbocycles. The lowest BCUT2D eigenvalue weighted by atomic mass is 10.1. The Balaban J connectivity index is 1.25. The van der Waals surface area contributed by atoms with Gasteiger partial charge in [0.05, 0.1) is 26.4 Å². The summed E-state index contributed by atoms with van der Waals surface area (Å²) in [5, 5.41) is 21.3. The van der Waals surface area contributed by atoms with E-state index in [-0.39, 0.29) is 5.57 Å². The molecule has 1 aliphatic heterocycles. The minimum atomic E-state index is -0.532. The highest BCUT2D eigenvalue weighted by atomic mass is 32.1. The Morgan fingerprint density at radius 3 is 2.43 bits per heavy atom. The molecule has 1 aromatic heterocycles. The van der Waals surface area contributed by atoms with Crippen LogP contribution < -0.4 is 19.7 Å². The number of hydrogen-bond acceptors (Lipinski definition) is 9. The van der Waals surface area contributed by atoms with E-state index in [2.05, 4.69) is 20.4 Å². The van der Waals surface area contributed by atoms with Crippen molar-refractivity contribution in [2.45, 2.75) is 6.42 Å². The van der Waals surface area contributed by atoms with Gasteiger partial charge in [0, 0.05) is 19.5 Å². The van der Waals surface area contributed by atoms with Gasteiger partial charge in [0.25, 0.3) is 5.91 Å². The Hall–Kier alpha value is -3.94. The van der Waals surface area contributed by atoms with Crippen molar-refractivity contribution in [3.8, 4) is 17.6 Å². The molecule has 1 aliphatic rings. The van der Waals surface area contributed by atoms with Gasteiger partial charge in [0.15, 0.2) is 0 Å². The lowest BCUT2D eigenvalue weighted by Gasteiger charge is -2.25. The predicted octanol–water partition coefficient (Wildman–Crippen LogP) is 3.77. The molecule has 35 heavy (non-hydrogen) atoms. The van der Waals surface area contributed by atoms with Gasteiger partial charge < -0.3 is 19.1 Å². The van der Waals surface area contributed by atoms with Crippen molar-refractivity contribution in [1.82, 2.24) is 10.2 Å². The SMILES string of the molecule is N#CC(=Cc1ccc(OCCCOc2ccccc2)cc1)C(=O)Nc1nnc(N2CCOCC2)s1. The Kier molecular flexibility index (Phi) is 8.64. The van der Waals surface area contributed by atoms with Gasteiger partial charge in [0.2, 0.25) is 10.3 Å². The summed E-state index contributed by atoms with van der Waals surface area (Å²) in [4.78, 5) is 14.6. The molecule has 3 aromatic rings. The molecule has 2 aromatic carbocycles. The minimum absolute atomic E-state index is 0.0279. The van der Waals surface area contributed by atoms with Crippen molar-refractivity contribution in [2.75, 3.05) is 49.7 Å². The van der Waals surface area contributed by atoms with Crippen LogP contribution in [0.15, 0.2) is 60.2 Å². The Labute approximate surface area is 207 Å². The highest BCUT2D eigenvalue weighted by molar-refractivity contribution is 7.19. The van der Waals surface area contributed by atoms with Crippen LogP contribution in [0.2, 0.25) is 0 Å². The smallest absolute Gasteiger partial charge is 0.268 e. The highest BCUT2D eigenvalue weighted by Gasteiger charge is 2.18. The number of ether oxygens (including phenoxy) is 3. The third-order valence-corrected chi connectivity index (χ3v) is 5.94. The molecule has 1 amide bonds. The fourth-order valence-electron chi connectivity index (χ4n) is 3.24. The molecule has 180 valence electrons. The number of aromatic nitrogens is 2. The van der Waals surface area contributed by atoms with Gasteiger partial charge in [-0.15, -0.1) is 10.2 Å². The molecule has 9 nitrogen and oxygen atoms in total. The van der Waals surface area contributed by atoms with E-state index in [1.165, 1.54) is 17.4 Å². The zero-order valence-electron chi connectivity index (χ0n) is 19.1. The van der Waals surface area contributed by atoms with Gasteiger partial charge in [-0.05, 0) is 35.9 Å². The van der Waals surface area contributed by atoms with Crippen LogP contribution in [0.25, 0.3) is 6.08 Å². The molecule has 1 N–H and O–H groups in total. The standard InChI is InChI=1S/C25H25N5O4S/c26-18-20(23(31)27-24-28-29-25(35-24)30-11-15-32-16-12-30)17-19-7-9-22(10-8-19)34-14-4-13-33-21-5-2-1-3-6-21/h1-3,5-10,17H,4,11-16H2,(H,27,28,31). The van der Waals surface area contributed by atoms with Crippen molar-refractivity contribution in [1.29, 1.82) is 5.26 Å². The van der Waals surface area contributed by atoms with Crippen LogP contribution >= 0.6 is 11.3 Å². The van der Waals surface area contributed by atoms with Crippen molar-refractivity contribution in [3.63, 3.8) is 0 Å². The lowest BCUT2D eigenvalue weighted by molar-refractivity contribution is -0.112. The molecule has 4 rings (SSSR count). The van der Waals surface area contributed by atoms with Gasteiger partial charge in [-0.3, -0.25) is 10.1 Å². The molecule has 1 saturated heterocycles. The maximum absolute atomic E-state index is 12.6. The maximum Gasteiger partial charge on any atom is 0.268 e.